The summed E-state index contributed by atoms with van der Waals surface area (Å²) in [4.78, 5) is 27.9. The standard InChI is InChI=1S/C26H32N2O3/c1-6-22-24(21-11-9-10-12-23(21)31-22)26(30)19-13-17(4)25(18(5)14-19)27-15-20(29)16-28(7-2)8-3/h9-14,27H,6-8,15-16H2,1-5H3. The number of ketones is 2. The molecule has 3 rings (SSSR count). The van der Waals surface area contributed by atoms with Gasteiger partial charge in [0.15, 0.2) is 11.6 Å². The third-order valence-electron chi connectivity index (χ3n) is 5.77. The molecule has 1 N–H and O–H groups in total. The van der Waals surface area contributed by atoms with Gasteiger partial charge >= 0.3 is 0 Å². The van der Waals surface area contributed by atoms with E-state index in [9.17, 15) is 9.59 Å². The second-order valence-electron chi connectivity index (χ2n) is 7.92. The Morgan fingerprint density at radius 2 is 1.65 bits per heavy atom. The van der Waals surface area contributed by atoms with E-state index in [1.54, 1.807) is 0 Å². The molecule has 0 bridgehead atoms. The Hall–Kier alpha value is -2.92. The first-order valence-electron chi connectivity index (χ1n) is 11.0. The number of para-hydroxylation sites is 1. The third kappa shape index (κ3) is 4.88. The number of hydrogen-bond acceptors (Lipinski definition) is 5. The highest BCUT2D eigenvalue weighted by atomic mass is 16.3. The van der Waals surface area contributed by atoms with Gasteiger partial charge in [0.25, 0.3) is 0 Å². The number of Topliss-reactive ketones (excluding diaryl/α,β-unsaturated/α-hetero) is 1. The van der Waals surface area contributed by atoms with E-state index in [2.05, 4.69) is 24.1 Å². The van der Waals surface area contributed by atoms with Gasteiger partial charge in [-0.25, -0.2) is 0 Å². The summed E-state index contributed by atoms with van der Waals surface area (Å²) in [5, 5.41) is 4.13. The van der Waals surface area contributed by atoms with Crippen LogP contribution in [-0.4, -0.2) is 42.6 Å². The number of aryl methyl sites for hydroxylation is 3. The number of carbonyl (C=O) groups is 2. The van der Waals surface area contributed by atoms with Crippen LogP contribution in [0.5, 0.6) is 0 Å². The monoisotopic (exact) mass is 420 g/mol. The molecule has 0 amide bonds. The molecule has 0 aliphatic rings. The van der Waals surface area contributed by atoms with Crippen LogP contribution in [0.1, 0.15) is 53.6 Å². The van der Waals surface area contributed by atoms with Gasteiger partial charge in [-0.1, -0.05) is 39.0 Å². The Kier molecular flexibility index (Phi) is 7.29. The molecule has 0 unspecified atom stereocenters. The Bertz CT molecular complexity index is 1070. The maximum Gasteiger partial charge on any atom is 0.197 e. The Morgan fingerprint density at radius 3 is 2.26 bits per heavy atom. The number of hydrogen-bond donors (Lipinski definition) is 1. The van der Waals surface area contributed by atoms with Crippen LogP contribution in [0.25, 0.3) is 11.0 Å². The number of rotatable bonds is 10. The molecular formula is C26H32N2O3. The van der Waals surface area contributed by atoms with Crippen LogP contribution in [0.3, 0.4) is 0 Å². The number of nitrogens with one attached hydrogen (secondary N) is 1. The Labute approximate surface area is 184 Å². The number of furan rings is 1. The molecule has 0 aliphatic heterocycles. The van der Waals surface area contributed by atoms with E-state index in [0.717, 1.165) is 40.9 Å². The molecule has 0 aliphatic carbocycles. The van der Waals surface area contributed by atoms with Gasteiger partial charge in [0.05, 0.1) is 18.7 Å². The number of benzene rings is 2. The Balaban J connectivity index is 1.84. The zero-order valence-electron chi connectivity index (χ0n) is 19.2. The molecule has 0 fully saturated rings. The van der Waals surface area contributed by atoms with E-state index >= 15 is 0 Å². The van der Waals surface area contributed by atoms with E-state index in [4.69, 9.17) is 4.42 Å². The van der Waals surface area contributed by atoms with E-state index in [1.165, 1.54) is 0 Å². The van der Waals surface area contributed by atoms with Crippen molar-refractivity contribution in [1.29, 1.82) is 0 Å². The van der Waals surface area contributed by atoms with Crippen LogP contribution in [-0.2, 0) is 11.2 Å². The van der Waals surface area contributed by atoms with Crippen molar-refractivity contribution >= 4 is 28.2 Å². The lowest BCUT2D eigenvalue weighted by Gasteiger charge is -2.18. The quantitative estimate of drug-likeness (QED) is 0.459. The minimum Gasteiger partial charge on any atom is -0.460 e. The van der Waals surface area contributed by atoms with E-state index in [0.29, 0.717) is 29.9 Å². The normalized spacial score (nSPS) is 11.3. The fourth-order valence-corrected chi connectivity index (χ4v) is 4.05. The van der Waals surface area contributed by atoms with Gasteiger partial charge in [-0.05, 0) is 56.3 Å². The summed E-state index contributed by atoms with van der Waals surface area (Å²) in [6.07, 6.45) is 0.655. The van der Waals surface area contributed by atoms with Gasteiger partial charge in [-0.15, -0.1) is 0 Å². The topological polar surface area (TPSA) is 62.6 Å². The van der Waals surface area contributed by atoms with Gasteiger partial charge in [0.2, 0.25) is 0 Å². The molecule has 2 aromatic carbocycles. The van der Waals surface area contributed by atoms with Crippen LogP contribution < -0.4 is 5.32 Å². The molecule has 164 valence electrons. The van der Waals surface area contributed by atoms with Crippen LogP contribution in [0, 0.1) is 13.8 Å². The predicted octanol–water partition coefficient (Wildman–Crippen LogP) is 5.17. The van der Waals surface area contributed by atoms with E-state index in [1.807, 2.05) is 57.2 Å². The molecule has 0 atom stereocenters. The maximum absolute atomic E-state index is 13.4. The van der Waals surface area contributed by atoms with Gasteiger partial charge in [0, 0.05) is 23.1 Å². The summed E-state index contributed by atoms with van der Waals surface area (Å²) >= 11 is 0. The summed E-state index contributed by atoms with van der Waals surface area (Å²) in [7, 11) is 0. The predicted molar refractivity (Wildman–Crippen MR) is 126 cm³/mol. The fraction of sp³-hybridized carbons (Fsp3) is 0.385. The van der Waals surface area contributed by atoms with Gasteiger partial charge in [-0.2, -0.15) is 0 Å². The zero-order valence-corrected chi connectivity index (χ0v) is 19.2. The zero-order chi connectivity index (χ0) is 22.5. The lowest BCUT2D eigenvalue weighted by atomic mass is 9.95. The molecule has 31 heavy (non-hydrogen) atoms. The summed E-state index contributed by atoms with van der Waals surface area (Å²) in [6.45, 7) is 12.5. The van der Waals surface area contributed by atoms with Crippen LogP contribution >= 0.6 is 0 Å². The van der Waals surface area contributed by atoms with E-state index < -0.39 is 0 Å². The average molecular weight is 421 g/mol. The molecule has 1 heterocycles. The molecule has 5 nitrogen and oxygen atoms in total. The van der Waals surface area contributed by atoms with Crippen molar-refractivity contribution in [3.63, 3.8) is 0 Å². The van der Waals surface area contributed by atoms with E-state index in [-0.39, 0.29) is 18.1 Å². The highest BCUT2D eigenvalue weighted by Gasteiger charge is 2.22. The van der Waals surface area contributed by atoms with Crippen molar-refractivity contribution in [2.75, 3.05) is 31.5 Å². The second kappa shape index (κ2) is 9.92. The smallest absolute Gasteiger partial charge is 0.197 e. The van der Waals surface area contributed by atoms with Crippen LogP contribution in [0.2, 0.25) is 0 Å². The lowest BCUT2D eigenvalue weighted by molar-refractivity contribution is -0.118. The molecule has 0 saturated carbocycles. The summed E-state index contributed by atoms with van der Waals surface area (Å²) in [5.74, 6) is 0.836. The van der Waals surface area contributed by atoms with Crippen molar-refractivity contribution in [1.82, 2.24) is 4.90 Å². The van der Waals surface area contributed by atoms with Crippen molar-refractivity contribution in [3.8, 4) is 0 Å². The fourth-order valence-electron chi connectivity index (χ4n) is 4.05. The number of anilines is 1. The lowest BCUT2D eigenvalue weighted by Crippen LogP contribution is -2.32. The molecule has 5 heteroatoms. The Morgan fingerprint density at radius 1 is 1.00 bits per heavy atom. The van der Waals surface area contributed by atoms with Crippen LogP contribution in [0.15, 0.2) is 40.8 Å². The minimum absolute atomic E-state index is 0.0304. The highest BCUT2D eigenvalue weighted by Crippen LogP contribution is 2.30. The maximum atomic E-state index is 13.4. The largest absolute Gasteiger partial charge is 0.460 e. The summed E-state index contributed by atoms with van der Waals surface area (Å²) in [6, 6.07) is 11.5. The van der Waals surface area contributed by atoms with Gasteiger partial charge in [0.1, 0.15) is 11.3 Å². The molecular weight excluding hydrogens is 388 g/mol. The van der Waals surface area contributed by atoms with Crippen molar-refractivity contribution in [3.05, 3.63) is 64.4 Å². The van der Waals surface area contributed by atoms with Crippen molar-refractivity contribution in [2.24, 2.45) is 0 Å². The molecule has 0 spiro atoms. The molecule has 0 saturated heterocycles. The summed E-state index contributed by atoms with van der Waals surface area (Å²) in [5.41, 5.74) is 4.83. The molecule has 0 radical (unpaired) electrons. The van der Waals surface area contributed by atoms with Gasteiger partial charge < -0.3 is 9.73 Å². The minimum atomic E-state index is -0.0304. The SMILES string of the molecule is CCc1oc2ccccc2c1C(=O)c1cc(C)c(NCC(=O)CN(CC)CC)c(C)c1. The first kappa shape index (κ1) is 22.8. The van der Waals surface area contributed by atoms with Gasteiger partial charge in [-0.3, -0.25) is 14.5 Å². The molecule has 3 aromatic rings. The molecule has 1 aromatic heterocycles. The second-order valence-corrected chi connectivity index (χ2v) is 7.92. The summed E-state index contributed by atoms with van der Waals surface area (Å²) < 4.78 is 5.92. The number of likely N-dealkylation sites (N-methyl/N-ethyl adjacent to an activating group) is 1. The van der Waals surface area contributed by atoms with Crippen LogP contribution in [0.4, 0.5) is 5.69 Å². The number of carbonyl (C=O) groups excluding carboxylic acids is 2. The first-order valence-corrected chi connectivity index (χ1v) is 11.0. The van der Waals surface area contributed by atoms with Crippen molar-refractivity contribution < 1.29 is 14.0 Å². The highest BCUT2D eigenvalue weighted by molar-refractivity contribution is 6.17. The number of fused-ring (bicyclic) bond motifs is 1. The number of nitrogens with zero attached hydrogens (tertiary/aromatic N) is 1. The first-order chi connectivity index (χ1) is 14.9. The van der Waals surface area contributed by atoms with Crippen molar-refractivity contribution in [2.45, 2.75) is 41.0 Å². The average Bonchev–Trinajstić information content (AvgIpc) is 3.14. The third-order valence-corrected chi connectivity index (χ3v) is 5.77.